The van der Waals surface area contributed by atoms with E-state index < -0.39 is 0 Å². The third-order valence-electron chi connectivity index (χ3n) is 2.89. The van der Waals surface area contributed by atoms with Crippen LogP contribution in [-0.2, 0) is 0 Å². The van der Waals surface area contributed by atoms with Crippen molar-refractivity contribution >= 4 is 6.03 Å². The van der Waals surface area contributed by atoms with Gasteiger partial charge < -0.3 is 15.5 Å². The molecule has 1 unspecified atom stereocenters. The Morgan fingerprint density at radius 2 is 2.33 bits per heavy atom. The highest BCUT2D eigenvalue weighted by Crippen LogP contribution is 2.01. The van der Waals surface area contributed by atoms with Gasteiger partial charge in [0.15, 0.2) is 0 Å². The fourth-order valence-electron chi connectivity index (χ4n) is 1.93. The summed E-state index contributed by atoms with van der Waals surface area (Å²) in [6, 6.07) is 0.695. The lowest BCUT2D eigenvalue weighted by atomic mass is 10.1. The van der Waals surface area contributed by atoms with E-state index >= 15 is 0 Å². The van der Waals surface area contributed by atoms with Gasteiger partial charge in [0.25, 0.3) is 0 Å². The molecule has 1 heterocycles. The maximum absolute atomic E-state index is 11.2. The first-order valence-electron chi connectivity index (χ1n) is 6.04. The normalized spacial score (nSPS) is 18.0. The number of nitrogens with one attached hydrogen (secondary N) is 2. The SMILES string of the molecule is CCCC(CC)NCCN1CCNC1=O. The molecule has 1 saturated heterocycles. The number of urea groups is 1. The highest BCUT2D eigenvalue weighted by molar-refractivity contribution is 5.76. The molecule has 0 radical (unpaired) electrons. The molecule has 2 amide bonds. The Morgan fingerprint density at radius 1 is 1.53 bits per heavy atom. The molecule has 0 aromatic rings. The maximum Gasteiger partial charge on any atom is 0.317 e. The van der Waals surface area contributed by atoms with Crippen LogP contribution in [0, 0.1) is 0 Å². The minimum absolute atomic E-state index is 0.0836. The van der Waals surface area contributed by atoms with Gasteiger partial charge in [0.05, 0.1) is 0 Å². The van der Waals surface area contributed by atoms with Crippen LogP contribution in [0.5, 0.6) is 0 Å². The molecule has 1 atom stereocenters. The summed E-state index contributed by atoms with van der Waals surface area (Å²) in [5.74, 6) is 0. The van der Waals surface area contributed by atoms with Crippen LogP contribution < -0.4 is 10.6 Å². The molecular weight excluding hydrogens is 190 g/mol. The summed E-state index contributed by atoms with van der Waals surface area (Å²) < 4.78 is 0. The van der Waals surface area contributed by atoms with Gasteiger partial charge in [0.1, 0.15) is 0 Å². The van der Waals surface area contributed by atoms with Crippen LogP contribution in [0.2, 0.25) is 0 Å². The van der Waals surface area contributed by atoms with Crippen LogP contribution >= 0.6 is 0 Å². The molecule has 1 aliphatic rings. The lowest BCUT2D eigenvalue weighted by Gasteiger charge is -2.19. The molecule has 0 bridgehead atoms. The topological polar surface area (TPSA) is 44.4 Å². The summed E-state index contributed by atoms with van der Waals surface area (Å²) >= 11 is 0. The highest BCUT2D eigenvalue weighted by atomic mass is 16.2. The molecule has 0 aromatic heterocycles. The van der Waals surface area contributed by atoms with E-state index in [9.17, 15) is 4.79 Å². The van der Waals surface area contributed by atoms with Gasteiger partial charge in [0.2, 0.25) is 0 Å². The Bertz CT molecular complexity index is 196. The Kier molecular flexibility index (Phi) is 5.47. The van der Waals surface area contributed by atoms with E-state index in [2.05, 4.69) is 24.5 Å². The number of nitrogens with zero attached hydrogens (tertiary/aromatic N) is 1. The van der Waals surface area contributed by atoms with Gasteiger partial charge in [-0.3, -0.25) is 0 Å². The van der Waals surface area contributed by atoms with Crippen LogP contribution in [0.15, 0.2) is 0 Å². The second kappa shape index (κ2) is 6.67. The number of carbonyl (C=O) groups is 1. The first-order valence-corrected chi connectivity index (χ1v) is 6.04. The summed E-state index contributed by atoms with van der Waals surface area (Å²) in [6.45, 7) is 7.79. The van der Waals surface area contributed by atoms with Gasteiger partial charge in [-0.1, -0.05) is 20.3 Å². The number of amides is 2. The van der Waals surface area contributed by atoms with E-state index in [1.165, 1.54) is 19.3 Å². The molecule has 4 nitrogen and oxygen atoms in total. The lowest BCUT2D eigenvalue weighted by Crippen LogP contribution is -2.38. The average Bonchev–Trinajstić information content (AvgIpc) is 2.63. The van der Waals surface area contributed by atoms with E-state index in [1.54, 1.807) is 0 Å². The first-order chi connectivity index (χ1) is 7.27. The van der Waals surface area contributed by atoms with E-state index in [-0.39, 0.29) is 6.03 Å². The van der Waals surface area contributed by atoms with Crippen LogP contribution in [0.25, 0.3) is 0 Å². The van der Waals surface area contributed by atoms with Crippen molar-refractivity contribution in [1.82, 2.24) is 15.5 Å². The van der Waals surface area contributed by atoms with Crippen LogP contribution in [0.1, 0.15) is 33.1 Å². The molecule has 1 rings (SSSR count). The molecule has 2 N–H and O–H groups in total. The Hall–Kier alpha value is -0.770. The van der Waals surface area contributed by atoms with Gasteiger partial charge in [-0.05, 0) is 12.8 Å². The molecular formula is C11H23N3O. The molecule has 1 fully saturated rings. The molecule has 1 aliphatic heterocycles. The third kappa shape index (κ3) is 4.08. The first kappa shape index (κ1) is 12.3. The smallest absolute Gasteiger partial charge is 0.317 e. The van der Waals surface area contributed by atoms with Gasteiger partial charge in [-0.15, -0.1) is 0 Å². The quantitative estimate of drug-likeness (QED) is 0.667. The predicted molar refractivity (Wildman–Crippen MR) is 62.0 cm³/mol. The van der Waals surface area contributed by atoms with E-state index in [0.717, 1.165) is 26.2 Å². The fourth-order valence-corrected chi connectivity index (χ4v) is 1.93. The van der Waals surface area contributed by atoms with E-state index in [1.807, 2.05) is 4.90 Å². The lowest BCUT2D eigenvalue weighted by molar-refractivity contribution is 0.216. The summed E-state index contributed by atoms with van der Waals surface area (Å²) in [7, 11) is 0. The van der Waals surface area contributed by atoms with Crippen molar-refractivity contribution in [2.45, 2.75) is 39.2 Å². The van der Waals surface area contributed by atoms with Crippen LogP contribution in [-0.4, -0.2) is 43.2 Å². The van der Waals surface area contributed by atoms with E-state index in [4.69, 9.17) is 0 Å². The van der Waals surface area contributed by atoms with Crippen molar-refractivity contribution in [1.29, 1.82) is 0 Å². The maximum atomic E-state index is 11.2. The second-order valence-electron chi connectivity index (χ2n) is 4.07. The highest BCUT2D eigenvalue weighted by Gasteiger charge is 2.18. The van der Waals surface area contributed by atoms with Gasteiger partial charge in [-0.25, -0.2) is 4.79 Å². The average molecular weight is 213 g/mol. The molecule has 0 saturated carbocycles. The van der Waals surface area contributed by atoms with Crippen LogP contribution in [0.4, 0.5) is 4.79 Å². The summed E-state index contributed by atoms with van der Waals surface area (Å²) in [5.41, 5.74) is 0. The minimum Gasteiger partial charge on any atom is -0.336 e. The van der Waals surface area contributed by atoms with Gasteiger partial charge in [-0.2, -0.15) is 0 Å². The molecule has 88 valence electrons. The molecule has 0 aromatic carbocycles. The number of carbonyl (C=O) groups excluding carboxylic acids is 1. The minimum atomic E-state index is 0.0836. The molecule has 0 spiro atoms. The standard InChI is InChI=1S/C11H23N3O/c1-3-5-10(4-2)12-6-8-14-9-7-13-11(14)15/h10,12H,3-9H2,1-2H3,(H,13,15). The van der Waals surface area contributed by atoms with Crippen molar-refractivity contribution in [3.05, 3.63) is 0 Å². The van der Waals surface area contributed by atoms with Crippen molar-refractivity contribution in [3.8, 4) is 0 Å². The third-order valence-corrected chi connectivity index (χ3v) is 2.89. The zero-order valence-corrected chi connectivity index (χ0v) is 9.88. The van der Waals surface area contributed by atoms with Crippen molar-refractivity contribution in [2.24, 2.45) is 0 Å². The van der Waals surface area contributed by atoms with Gasteiger partial charge in [0, 0.05) is 32.2 Å². The molecule has 4 heteroatoms. The molecule has 0 aliphatic carbocycles. The number of hydrogen-bond donors (Lipinski definition) is 2. The Morgan fingerprint density at radius 3 is 2.87 bits per heavy atom. The number of hydrogen-bond acceptors (Lipinski definition) is 2. The Labute approximate surface area is 92.4 Å². The predicted octanol–water partition coefficient (Wildman–Crippen LogP) is 1.18. The Balaban J connectivity index is 2.11. The van der Waals surface area contributed by atoms with Crippen molar-refractivity contribution in [3.63, 3.8) is 0 Å². The summed E-state index contributed by atoms with van der Waals surface area (Å²) in [6.07, 6.45) is 3.61. The zero-order chi connectivity index (χ0) is 11.1. The largest absolute Gasteiger partial charge is 0.336 e. The summed E-state index contributed by atoms with van der Waals surface area (Å²) in [4.78, 5) is 13.1. The van der Waals surface area contributed by atoms with E-state index in [0.29, 0.717) is 6.04 Å². The van der Waals surface area contributed by atoms with Crippen molar-refractivity contribution < 1.29 is 4.79 Å². The fraction of sp³-hybridized carbons (Fsp3) is 0.909. The molecule has 15 heavy (non-hydrogen) atoms. The second-order valence-corrected chi connectivity index (χ2v) is 4.07. The zero-order valence-electron chi connectivity index (χ0n) is 9.88. The van der Waals surface area contributed by atoms with Gasteiger partial charge >= 0.3 is 6.03 Å². The number of rotatable bonds is 7. The monoisotopic (exact) mass is 213 g/mol. The van der Waals surface area contributed by atoms with Crippen LogP contribution in [0.3, 0.4) is 0 Å². The summed E-state index contributed by atoms with van der Waals surface area (Å²) in [5, 5.41) is 6.30. The van der Waals surface area contributed by atoms with Crippen molar-refractivity contribution in [2.75, 3.05) is 26.2 Å².